The molecular formula is C14H8N4O7. The highest BCUT2D eigenvalue weighted by Crippen LogP contribution is 2.35. The second kappa shape index (κ2) is 5.63. The third kappa shape index (κ3) is 2.73. The van der Waals surface area contributed by atoms with Gasteiger partial charge in [0.05, 0.1) is 6.07 Å². The van der Waals surface area contributed by atoms with Crippen LogP contribution in [0.4, 0.5) is 11.9 Å². The van der Waals surface area contributed by atoms with Crippen LogP contribution in [0, 0.1) is 10.1 Å². The van der Waals surface area contributed by atoms with E-state index in [1.807, 2.05) is 0 Å². The first-order chi connectivity index (χ1) is 12.1. The quantitative estimate of drug-likeness (QED) is 0.556. The highest BCUT2D eigenvalue weighted by Gasteiger charge is 2.20. The number of nitro groups is 1. The van der Waals surface area contributed by atoms with Crippen molar-refractivity contribution in [3.63, 3.8) is 0 Å². The van der Waals surface area contributed by atoms with Gasteiger partial charge < -0.3 is 18.3 Å². The first-order valence-corrected chi connectivity index (χ1v) is 6.89. The molecule has 1 aliphatic heterocycles. The SMILES string of the molecule is O=C(Nc1nnc(-c2ccc3c(c2)OCO3)o1)c1ccc([N+](=O)[O-])o1. The zero-order valence-corrected chi connectivity index (χ0v) is 12.3. The van der Waals surface area contributed by atoms with E-state index in [0.717, 1.165) is 6.07 Å². The maximum absolute atomic E-state index is 12.0. The Hall–Kier alpha value is -3.89. The molecule has 11 nitrogen and oxygen atoms in total. The van der Waals surface area contributed by atoms with Gasteiger partial charge >= 0.3 is 11.9 Å². The Balaban J connectivity index is 1.51. The molecule has 1 amide bonds. The van der Waals surface area contributed by atoms with E-state index in [4.69, 9.17) is 18.3 Å². The predicted octanol–water partition coefficient (Wildman–Crippen LogP) is 2.22. The van der Waals surface area contributed by atoms with Crippen molar-refractivity contribution in [1.29, 1.82) is 0 Å². The minimum Gasteiger partial charge on any atom is -0.454 e. The first kappa shape index (κ1) is 14.7. The number of benzene rings is 1. The summed E-state index contributed by atoms with van der Waals surface area (Å²) in [6.45, 7) is 0.138. The van der Waals surface area contributed by atoms with Crippen LogP contribution in [0.3, 0.4) is 0 Å². The Morgan fingerprint density at radius 2 is 1.96 bits per heavy atom. The summed E-state index contributed by atoms with van der Waals surface area (Å²) < 4.78 is 20.6. The minimum absolute atomic E-state index is 0.138. The second-order valence-corrected chi connectivity index (χ2v) is 4.83. The van der Waals surface area contributed by atoms with Crippen LogP contribution in [0.5, 0.6) is 11.5 Å². The number of anilines is 1. The van der Waals surface area contributed by atoms with E-state index >= 15 is 0 Å². The van der Waals surface area contributed by atoms with Gasteiger partial charge in [0, 0.05) is 5.56 Å². The summed E-state index contributed by atoms with van der Waals surface area (Å²) in [6, 6.07) is 7.11. The van der Waals surface area contributed by atoms with E-state index in [1.165, 1.54) is 6.07 Å². The molecule has 126 valence electrons. The lowest BCUT2D eigenvalue weighted by molar-refractivity contribution is -0.402. The van der Waals surface area contributed by atoms with Crippen molar-refractivity contribution in [3.05, 3.63) is 46.2 Å². The number of rotatable bonds is 4. The predicted molar refractivity (Wildman–Crippen MR) is 79.2 cm³/mol. The number of amides is 1. The molecule has 0 spiro atoms. The fourth-order valence-corrected chi connectivity index (χ4v) is 2.13. The van der Waals surface area contributed by atoms with Crippen molar-refractivity contribution in [2.75, 3.05) is 12.1 Å². The summed E-state index contributed by atoms with van der Waals surface area (Å²) in [7, 11) is 0. The van der Waals surface area contributed by atoms with Gasteiger partial charge in [0.1, 0.15) is 4.92 Å². The largest absolute Gasteiger partial charge is 0.454 e. The molecule has 2 aromatic heterocycles. The Morgan fingerprint density at radius 1 is 1.12 bits per heavy atom. The summed E-state index contributed by atoms with van der Waals surface area (Å²) in [5, 5.41) is 20.4. The third-order valence-electron chi connectivity index (χ3n) is 3.26. The Bertz CT molecular complexity index is 977. The molecule has 25 heavy (non-hydrogen) atoms. The van der Waals surface area contributed by atoms with Crippen molar-refractivity contribution < 1.29 is 28.0 Å². The zero-order valence-electron chi connectivity index (χ0n) is 12.3. The summed E-state index contributed by atoms with van der Waals surface area (Å²) in [4.78, 5) is 21.8. The molecule has 1 aliphatic rings. The van der Waals surface area contributed by atoms with Gasteiger partial charge in [0.15, 0.2) is 17.3 Å². The topological polar surface area (TPSA) is 143 Å². The van der Waals surface area contributed by atoms with Crippen LogP contribution in [0.2, 0.25) is 0 Å². The first-order valence-electron chi connectivity index (χ1n) is 6.89. The Kier molecular flexibility index (Phi) is 3.31. The van der Waals surface area contributed by atoms with Crippen molar-refractivity contribution in [2.24, 2.45) is 0 Å². The van der Waals surface area contributed by atoms with E-state index in [-0.39, 0.29) is 24.5 Å². The van der Waals surface area contributed by atoms with Gasteiger partial charge in [-0.25, -0.2) is 0 Å². The van der Waals surface area contributed by atoms with Gasteiger partial charge in [0.25, 0.3) is 5.91 Å². The number of carbonyl (C=O) groups is 1. The fraction of sp³-hybridized carbons (Fsp3) is 0.0714. The number of nitrogens with zero attached hydrogens (tertiary/aromatic N) is 3. The molecule has 0 atom stereocenters. The van der Waals surface area contributed by atoms with Crippen LogP contribution in [0.25, 0.3) is 11.5 Å². The maximum Gasteiger partial charge on any atom is 0.433 e. The third-order valence-corrected chi connectivity index (χ3v) is 3.26. The number of nitrogens with one attached hydrogen (secondary N) is 1. The van der Waals surface area contributed by atoms with Gasteiger partial charge in [-0.3, -0.25) is 20.2 Å². The Labute approximate surface area is 138 Å². The van der Waals surface area contributed by atoms with E-state index in [9.17, 15) is 14.9 Å². The molecule has 0 aliphatic carbocycles. The van der Waals surface area contributed by atoms with Crippen LogP contribution in [0.15, 0.2) is 39.2 Å². The molecule has 11 heteroatoms. The van der Waals surface area contributed by atoms with E-state index in [2.05, 4.69) is 15.5 Å². The van der Waals surface area contributed by atoms with Crippen LogP contribution < -0.4 is 14.8 Å². The lowest BCUT2D eigenvalue weighted by Gasteiger charge is -1.98. The fourth-order valence-electron chi connectivity index (χ4n) is 2.13. The summed E-state index contributed by atoms with van der Waals surface area (Å²) in [5.41, 5.74) is 0.575. The summed E-state index contributed by atoms with van der Waals surface area (Å²) in [6.07, 6.45) is 0. The molecule has 0 bridgehead atoms. The normalized spacial score (nSPS) is 12.2. The average Bonchev–Trinajstić information content (AvgIpc) is 3.33. The number of ether oxygens (including phenoxy) is 2. The van der Waals surface area contributed by atoms with Crippen molar-refractivity contribution in [1.82, 2.24) is 10.2 Å². The van der Waals surface area contributed by atoms with Crippen LogP contribution >= 0.6 is 0 Å². The molecule has 4 rings (SSSR count). The van der Waals surface area contributed by atoms with Gasteiger partial charge in [-0.2, -0.15) is 0 Å². The van der Waals surface area contributed by atoms with Gasteiger partial charge in [0.2, 0.25) is 12.7 Å². The van der Waals surface area contributed by atoms with Gasteiger partial charge in [-0.05, 0) is 24.3 Å². The minimum atomic E-state index is -0.756. The number of carbonyl (C=O) groups excluding carboxylic acids is 1. The van der Waals surface area contributed by atoms with Crippen LogP contribution in [0.1, 0.15) is 10.6 Å². The molecule has 1 aromatic carbocycles. The Morgan fingerprint density at radius 3 is 2.76 bits per heavy atom. The zero-order chi connectivity index (χ0) is 17.4. The number of aromatic nitrogens is 2. The number of furan rings is 1. The van der Waals surface area contributed by atoms with E-state index < -0.39 is 16.7 Å². The van der Waals surface area contributed by atoms with Gasteiger partial charge in [-0.15, -0.1) is 5.10 Å². The van der Waals surface area contributed by atoms with E-state index in [0.29, 0.717) is 17.1 Å². The van der Waals surface area contributed by atoms with Crippen molar-refractivity contribution >= 4 is 17.8 Å². The standard InChI is InChI=1S/C14H8N4O7/c19-12(9-3-4-11(24-9)18(20)21)15-14-17-16-13(25-14)7-1-2-8-10(5-7)23-6-22-8/h1-5H,6H2,(H,15,17,19). The van der Waals surface area contributed by atoms with Gasteiger partial charge in [-0.1, -0.05) is 5.10 Å². The van der Waals surface area contributed by atoms with Crippen LogP contribution in [-0.2, 0) is 0 Å². The lowest BCUT2D eigenvalue weighted by Crippen LogP contribution is -2.11. The highest BCUT2D eigenvalue weighted by molar-refractivity contribution is 6.01. The molecule has 3 aromatic rings. The summed E-state index contributed by atoms with van der Waals surface area (Å²) >= 11 is 0. The maximum atomic E-state index is 12.0. The highest BCUT2D eigenvalue weighted by atomic mass is 16.7. The van der Waals surface area contributed by atoms with Crippen molar-refractivity contribution in [3.8, 4) is 23.0 Å². The second-order valence-electron chi connectivity index (χ2n) is 4.83. The van der Waals surface area contributed by atoms with Crippen molar-refractivity contribution in [2.45, 2.75) is 0 Å². The smallest absolute Gasteiger partial charge is 0.433 e. The average molecular weight is 344 g/mol. The number of hydrogen-bond donors (Lipinski definition) is 1. The molecule has 0 radical (unpaired) electrons. The number of fused-ring (bicyclic) bond motifs is 1. The molecule has 3 heterocycles. The summed E-state index contributed by atoms with van der Waals surface area (Å²) in [5.74, 6) is -0.250. The molecular weight excluding hydrogens is 336 g/mol. The molecule has 0 saturated heterocycles. The molecule has 0 unspecified atom stereocenters. The van der Waals surface area contributed by atoms with E-state index in [1.54, 1.807) is 18.2 Å². The molecule has 0 saturated carbocycles. The lowest BCUT2D eigenvalue weighted by atomic mass is 10.2. The molecule has 0 fully saturated rings. The molecule has 1 N–H and O–H groups in total. The van der Waals surface area contributed by atoms with Crippen LogP contribution in [-0.4, -0.2) is 27.8 Å². The monoisotopic (exact) mass is 344 g/mol. The number of hydrogen-bond acceptors (Lipinski definition) is 9.